The van der Waals surface area contributed by atoms with Crippen LogP contribution in [-0.4, -0.2) is 48.2 Å². The highest BCUT2D eigenvalue weighted by Gasteiger charge is 2.21. The minimum absolute atomic E-state index is 0.128. The average Bonchev–Trinajstić information content (AvgIpc) is 3.04. The Kier molecular flexibility index (Phi) is 4.97. The topological polar surface area (TPSA) is 81.7 Å². The van der Waals surface area contributed by atoms with Crippen LogP contribution in [0.25, 0.3) is 0 Å². The van der Waals surface area contributed by atoms with Crippen molar-refractivity contribution in [3.63, 3.8) is 0 Å². The summed E-state index contributed by atoms with van der Waals surface area (Å²) in [6.07, 6.45) is 1.09. The highest BCUT2D eigenvalue weighted by molar-refractivity contribution is 7.14. The van der Waals surface area contributed by atoms with Crippen molar-refractivity contribution in [1.29, 1.82) is 0 Å². The molecule has 0 radical (unpaired) electrons. The molecule has 1 aliphatic rings. The fourth-order valence-corrected chi connectivity index (χ4v) is 3.10. The first kappa shape index (κ1) is 14.8. The SMILES string of the molecule is CCN1CCC(CNC(=O)Nc2sccc2C(=O)O)C1. The molecule has 0 saturated carbocycles. The molecule has 0 bridgehead atoms. The molecule has 6 nitrogen and oxygen atoms in total. The lowest BCUT2D eigenvalue weighted by Crippen LogP contribution is -2.34. The summed E-state index contributed by atoms with van der Waals surface area (Å²) in [5.41, 5.74) is 0.128. The quantitative estimate of drug-likeness (QED) is 0.775. The number of nitrogens with zero attached hydrogens (tertiary/aromatic N) is 1. The lowest BCUT2D eigenvalue weighted by molar-refractivity contribution is 0.0698. The van der Waals surface area contributed by atoms with E-state index < -0.39 is 5.97 Å². The second-order valence-corrected chi connectivity index (χ2v) is 5.77. The van der Waals surface area contributed by atoms with Gasteiger partial charge in [-0.3, -0.25) is 5.32 Å². The molecule has 1 aliphatic heterocycles. The van der Waals surface area contributed by atoms with Gasteiger partial charge in [0.25, 0.3) is 0 Å². The maximum absolute atomic E-state index is 11.8. The van der Waals surface area contributed by atoms with E-state index in [1.165, 1.54) is 17.4 Å². The highest BCUT2D eigenvalue weighted by atomic mass is 32.1. The van der Waals surface area contributed by atoms with Crippen LogP contribution in [0.2, 0.25) is 0 Å². The number of carbonyl (C=O) groups is 2. The first-order chi connectivity index (χ1) is 9.60. The molecule has 2 amide bonds. The van der Waals surface area contributed by atoms with Crippen molar-refractivity contribution in [2.75, 3.05) is 31.5 Å². The number of urea groups is 1. The van der Waals surface area contributed by atoms with E-state index in [1.54, 1.807) is 5.38 Å². The summed E-state index contributed by atoms with van der Waals surface area (Å²) in [7, 11) is 0. The summed E-state index contributed by atoms with van der Waals surface area (Å²) < 4.78 is 0. The molecule has 1 atom stereocenters. The predicted octanol–water partition coefficient (Wildman–Crippen LogP) is 1.91. The monoisotopic (exact) mass is 297 g/mol. The molecule has 1 aromatic rings. The normalized spacial score (nSPS) is 18.9. The second kappa shape index (κ2) is 6.71. The predicted molar refractivity (Wildman–Crippen MR) is 78.5 cm³/mol. The number of anilines is 1. The van der Waals surface area contributed by atoms with E-state index in [9.17, 15) is 9.59 Å². The van der Waals surface area contributed by atoms with Gasteiger partial charge in [-0.15, -0.1) is 11.3 Å². The van der Waals surface area contributed by atoms with Crippen LogP contribution in [0.15, 0.2) is 11.4 Å². The van der Waals surface area contributed by atoms with Gasteiger partial charge < -0.3 is 15.3 Å². The van der Waals surface area contributed by atoms with Gasteiger partial charge in [-0.05, 0) is 36.9 Å². The smallest absolute Gasteiger partial charge is 0.338 e. The van der Waals surface area contributed by atoms with Crippen molar-refractivity contribution in [2.24, 2.45) is 5.92 Å². The number of nitrogens with one attached hydrogen (secondary N) is 2. The first-order valence-electron chi connectivity index (χ1n) is 6.68. The zero-order valence-electron chi connectivity index (χ0n) is 11.4. The molecular formula is C13H19N3O3S. The van der Waals surface area contributed by atoms with E-state index in [2.05, 4.69) is 22.5 Å². The summed E-state index contributed by atoms with van der Waals surface area (Å²) >= 11 is 1.21. The molecule has 7 heteroatoms. The van der Waals surface area contributed by atoms with E-state index in [-0.39, 0.29) is 11.6 Å². The fraction of sp³-hybridized carbons (Fsp3) is 0.538. The highest BCUT2D eigenvalue weighted by Crippen LogP contribution is 2.23. The summed E-state index contributed by atoms with van der Waals surface area (Å²) in [6.45, 7) is 5.89. The number of hydrogen-bond donors (Lipinski definition) is 3. The van der Waals surface area contributed by atoms with Crippen LogP contribution >= 0.6 is 11.3 Å². The first-order valence-corrected chi connectivity index (χ1v) is 7.56. The number of thiophene rings is 1. The van der Waals surface area contributed by atoms with Crippen molar-refractivity contribution < 1.29 is 14.7 Å². The van der Waals surface area contributed by atoms with Gasteiger partial charge in [-0.1, -0.05) is 6.92 Å². The summed E-state index contributed by atoms with van der Waals surface area (Å²) in [6, 6.07) is 1.14. The molecule has 2 heterocycles. The van der Waals surface area contributed by atoms with Crippen LogP contribution in [-0.2, 0) is 0 Å². The van der Waals surface area contributed by atoms with Crippen LogP contribution in [0.1, 0.15) is 23.7 Å². The Morgan fingerprint density at radius 2 is 2.35 bits per heavy atom. The Labute approximate surface area is 121 Å². The molecular weight excluding hydrogens is 278 g/mol. The van der Waals surface area contributed by atoms with Crippen LogP contribution in [0.4, 0.5) is 9.80 Å². The maximum atomic E-state index is 11.8. The number of rotatable bonds is 5. The summed E-state index contributed by atoms with van der Waals surface area (Å²) in [4.78, 5) is 25.1. The number of carbonyl (C=O) groups excluding carboxylic acids is 1. The lowest BCUT2D eigenvalue weighted by Gasteiger charge is -2.14. The van der Waals surface area contributed by atoms with E-state index >= 15 is 0 Å². The second-order valence-electron chi connectivity index (χ2n) is 4.85. The Morgan fingerprint density at radius 3 is 3.00 bits per heavy atom. The molecule has 1 saturated heterocycles. The number of likely N-dealkylation sites (tertiary alicyclic amines) is 1. The van der Waals surface area contributed by atoms with Crippen molar-refractivity contribution >= 4 is 28.3 Å². The molecule has 1 fully saturated rings. The van der Waals surface area contributed by atoms with Crippen molar-refractivity contribution in [1.82, 2.24) is 10.2 Å². The standard InChI is InChI=1S/C13H19N3O3S/c1-2-16-5-3-9(8-16)7-14-13(19)15-11-10(12(17)18)4-6-20-11/h4,6,9H,2-3,5,7-8H2,1H3,(H,17,18)(H2,14,15,19). The van der Waals surface area contributed by atoms with E-state index in [1.807, 2.05) is 0 Å². The molecule has 1 unspecified atom stereocenters. The van der Waals surface area contributed by atoms with Crippen LogP contribution < -0.4 is 10.6 Å². The van der Waals surface area contributed by atoms with Gasteiger partial charge in [-0.2, -0.15) is 0 Å². The zero-order chi connectivity index (χ0) is 14.5. The molecule has 2 rings (SSSR count). The number of aromatic carboxylic acids is 1. The largest absolute Gasteiger partial charge is 0.478 e. The third-order valence-electron chi connectivity index (χ3n) is 3.49. The third-order valence-corrected chi connectivity index (χ3v) is 4.32. The summed E-state index contributed by atoms with van der Waals surface area (Å²) in [5, 5.41) is 16.4. The molecule has 0 spiro atoms. The van der Waals surface area contributed by atoms with Gasteiger partial charge in [0.15, 0.2) is 0 Å². The molecule has 110 valence electrons. The van der Waals surface area contributed by atoms with Crippen LogP contribution in [0.3, 0.4) is 0 Å². The van der Waals surface area contributed by atoms with Gasteiger partial charge in [-0.25, -0.2) is 9.59 Å². The average molecular weight is 297 g/mol. The maximum Gasteiger partial charge on any atom is 0.338 e. The van der Waals surface area contributed by atoms with Gasteiger partial charge in [0.2, 0.25) is 0 Å². The number of amides is 2. The van der Waals surface area contributed by atoms with Crippen LogP contribution in [0.5, 0.6) is 0 Å². The van der Waals surface area contributed by atoms with E-state index in [0.717, 1.165) is 26.1 Å². The fourth-order valence-electron chi connectivity index (χ4n) is 2.33. The minimum atomic E-state index is -1.03. The summed E-state index contributed by atoms with van der Waals surface area (Å²) in [5.74, 6) is -0.557. The molecule has 3 N–H and O–H groups in total. The zero-order valence-corrected chi connectivity index (χ0v) is 12.2. The van der Waals surface area contributed by atoms with Gasteiger partial charge in [0, 0.05) is 13.1 Å². The third kappa shape index (κ3) is 3.71. The van der Waals surface area contributed by atoms with Gasteiger partial charge in [0.05, 0.1) is 5.56 Å². The molecule has 20 heavy (non-hydrogen) atoms. The van der Waals surface area contributed by atoms with E-state index in [0.29, 0.717) is 17.5 Å². The van der Waals surface area contributed by atoms with Gasteiger partial charge in [0.1, 0.15) is 5.00 Å². The number of hydrogen-bond acceptors (Lipinski definition) is 4. The Hall–Kier alpha value is -1.60. The molecule has 0 aliphatic carbocycles. The van der Waals surface area contributed by atoms with Crippen LogP contribution in [0, 0.1) is 5.92 Å². The Bertz CT molecular complexity index is 489. The Morgan fingerprint density at radius 1 is 1.55 bits per heavy atom. The van der Waals surface area contributed by atoms with Crippen molar-refractivity contribution in [3.05, 3.63) is 17.0 Å². The van der Waals surface area contributed by atoms with Crippen molar-refractivity contribution in [3.8, 4) is 0 Å². The molecule has 0 aromatic carbocycles. The van der Waals surface area contributed by atoms with E-state index in [4.69, 9.17) is 5.11 Å². The number of carboxylic acid groups (broad SMARTS) is 1. The Balaban J connectivity index is 1.78. The minimum Gasteiger partial charge on any atom is -0.478 e. The van der Waals surface area contributed by atoms with Gasteiger partial charge >= 0.3 is 12.0 Å². The van der Waals surface area contributed by atoms with Crippen molar-refractivity contribution in [2.45, 2.75) is 13.3 Å². The molecule has 1 aromatic heterocycles. The lowest BCUT2D eigenvalue weighted by atomic mass is 10.1. The number of carboxylic acids is 1.